The van der Waals surface area contributed by atoms with E-state index in [-0.39, 0.29) is 12.5 Å². The molecule has 0 aromatic heterocycles. The summed E-state index contributed by atoms with van der Waals surface area (Å²) >= 11 is 6.15. The number of nitrogens with one attached hydrogen (secondary N) is 1. The highest BCUT2D eigenvalue weighted by Gasteiger charge is 2.20. The number of likely N-dealkylation sites (tertiary alicyclic amines) is 1. The molecule has 1 aliphatic heterocycles. The number of carbonyl (C=O) groups excluding carboxylic acids is 1. The minimum atomic E-state index is 0.0228. The highest BCUT2D eigenvalue weighted by molar-refractivity contribution is 6.31. The Bertz CT molecular complexity index is 797. The van der Waals surface area contributed by atoms with Crippen LogP contribution in [0.25, 0.3) is 0 Å². The topological polar surface area (TPSA) is 61.8 Å². The maximum Gasteiger partial charge on any atom is 0.220 e. The van der Waals surface area contributed by atoms with Crippen LogP contribution in [0.2, 0.25) is 5.02 Å². The van der Waals surface area contributed by atoms with Gasteiger partial charge in [0.15, 0.2) is 0 Å². The van der Waals surface area contributed by atoms with Crippen molar-refractivity contribution in [2.24, 2.45) is 5.92 Å². The van der Waals surface area contributed by atoms with Gasteiger partial charge in [0.2, 0.25) is 5.91 Å². The largest absolute Gasteiger partial charge is 0.491 e. The predicted molar refractivity (Wildman–Crippen MR) is 120 cm³/mol. The molecule has 2 N–H and O–H groups in total. The van der Waals surface area contributed by atoms with Crippen molar-refractivity contribution in [1.82, 2.24) is 10.2 Å². The summed E-state index contributed by atoms with van der Waals surface area (Å²) in [5, 5.41) is 12.5. The van der Waals surface area contributed by atoms with Gasteiger partial charge in [0.25, 0.3) is 0 Å². The highest BCUT2D eigenvalue weighted by Crippen LogP contribution is 2.23. The Labute approximate surface area is 184 Å². The van der Waals surface area contributed by atoms with Crippen LogP contribution in [-0.2, 0) is 17.9 Å². The number of hydrogen-bond donors (Lipinski definition) is 2. The molecule has 3 rings (SSSR count). The third-order valence-electron chi connectivity index (χ3n) is 5.51. The normalized spacial score (nSPS) is 16.9. The smallest absolute Gasteiger partial charge is 0.220 e. The van der Waals surface area contributed by atoms with Crippen LogP contribution in [0.5, 0.6) is 5.75 Å². The van der Waals surface area contributed by atoms with Gasteiger partial charge in [-0.2, -0.15) is 0 Å². The maximum absolute atomic E-state index is 12.3. The van der Waals surface area contributed by atoms with E-state index in [0.29, 0.717) is 30.5 Å². The third-order valence-corrected chi connectivity index (χ3v) is 5.87. The Morgan fingerprint density at radius 1 is 1.20 bits per heavy atom. The summed E-state index contributed by atoms with van der Waals surface area (Å²) in [6.45, 7) is 3.86. The molecular formula is C24H31ClN2O3. The van der Waals surface area contributed by atoms with Crippen LogP contribution in [0.4, 0.5) is 0 Å². The molecule has 30 heavy (non-hydrogen) atoms. The maximum atomic E-state index is 12.3. The van der Waals surface area contributed by atoms with Crippen molar-refractivity contribution in [2.45, 2.75) is 38.8 Å². The second kappa shape index (κ2) is 11.9. The standard InChI is InChI=1S/C24H31ClN2O3/c25-23-6-2-1-5-21(23)16-26-24(29)12-9-19-4-3-13-27(17-19)18-20-7-10-22(11-8-20)30-15-14-28/h1-2,5-8,10-11,19,28H,3-4,9,12-18H2,(H,26,29)/t19-/m0/s1. The van der Waals surface area contributed by atoms with Gasteiger partial charge in [0.1, 0.15) is 12.4 Å². The van der Waals surface area contributed by atoms with Gasteiger partial charge in [-0.05, 0) is 61.1 Å². The first-order chi connectivity index (χ1) is 14.6. The number of hydrogen-bond acceptors (Lipinski definition) is 4. The van der Waals surface area contributed by atoms with Gasteiger partial charge in [-0.15, -0.1) is 0 Å². The zero-order chi connectivity index (χ0) is 21.2. The highest BCUT2D eigenvalue weighted by atomic mass is 35.5. The minimum absolute atomic E-state index is 0.0228. The van der Waals surface area contributed by atoms with Crippen molar-refractivity contribution in [3.05, 3.63) is 64.7 Å². The molecule has 1 amide bonds. The first-order valence-corrected chi connectivity index (χ1v) is 11.1. The SMILES string of the molecule is O=C(CC[C@@H]1CCCN(Cc2ccc(OCCO)cc2)C1)NCc1ccccc1Cl. The van der Waals surface area contributed by atoms with E-state index in [4.69, 9.17) is 21.4 Å². The molecule has 162 valence electrons. The van der Waals surface area contributed by atoms with E-state index < -0.39 is 0 Å². The van der Waals surface area contributed by atoms with E-state index >= 15 is 0 Å². The number of piperidine rings is 1. The average molecular weight is 431 g/mol. The summed E-state index contributed by atoms with van der Waals surface area (Å²) in [6.07, 6.45) is 3.82. The van der Waals surface area contributed by atoms with Gasteiger partial charge in [0, 0.05) is 31.1 Å². The molecule has 2 aromatic carbocycles. The number of aliphatic hydroxyl groups excluding tert-OH is 1. The fourth-order valence-electron chi connectivity index (χ4n) is 3.90. The molecule has 5 nitrogen and oxygen atoms in total. The fourth-order valence-corrected chi connectivity index (χ4v) is 4.11. The number of amides is 1. The quantitative estimate of drug-likeness (QED) is 0.597. The number of nitrogens with zero attached hydrogens (tertiary/aromatic N) is 1. The van der Waals surface area contributed by atoms with Crippen molar-refractivity contribution in [3.8, 4) is 5.75 Å². The van der Waals surface area contributed by atoms with Crippen molar-refractivity contribution in [3.63, 3.8) is 0 Å². The molecule has 1 saturated heterocycles. The van der Waals surface area contributed by atoms with Crippen LogP contribution in [0, 0.1) is 5.92 Å². The summed E-state index contributed by atoms with van der Waals surface area (Å²) in [7, 11) is 0. The lowest BCUT2D eigenvalue weighted by Gasteiger charge is -2.32. The summed E-state index contributed by atoms with van der Waals surface area (Å²) in [5.41, 5.74) is 2.20. The number of ether oxygens (including phenoxy) is 1. The van der Waals surface area contributed by atoms with E-state index in [9.17, 15) is 4.79 Å². The van der Waals surface area contributed by atoms with Gasteiger partial charge in [-0.25, -0.2) is 0 Å². The van der Waals surface area contributed by atoms with Crippen LogP contribution in [-0.4, -0.2) is 42.2 Å². The second-order valence-corrected chi connectivity index (χ2v) is 8.27. The molecule has 1 heterocycles. The first-order valence-electron chi connectivity index (χ1n) is 10.7. The van der Waals surface area contributed by atoms with Crippen molar-refractivity contribution in [2.75, 3.05) is 26.3 Å². The Morgan fingerprint density at radius 2 is 2.00 bits per heavy atom. The molecule has 0 radical (unpaired) electrons. The van der Waals surface area contributed by atoms with Crippen LogP contribution in [0.1, 0.15) is 36.8 Å². The van der Waals surface area contributed by atoms with E-state index in [2.05, 4.69) is 22.3 Å². The van der Waals surface area contributed by atoms with Crippen LogP contribution in [0.15, 0.2) is 48.5 Å². The summed E-state index contributed by atoms with van der Waals surface area (Å²) in [6, 6.07) is 15.7. The molecule has 1 atom stereocenters. The number of rotatable bonds is 10. The minimum Gasteiger partial charge on any atom is -0.491 e. The molecule has 1 fully saturated rings. The Morgan fingerprint density at radius 3 is 2.77 bits per heavy atom. The second-order valence-electron chi connectivity index (χ2n) is 7.87. The molecule has 0 unspecified atom stereocenters. The molecule has 2 aromatic rings. The lowest BCUT2D eigenvalue weighted by Crippen LogP contribution is -2.35. The van der Waals surface area contributed by atoms with Crippen LogP contribution >= 0.6 is 11.6 Å². The summed E-state index contributed by atoms with van der Waals surface area (Å²) in [5.74, 6) is 1.43. The molecule has 0 saturated carbocycles. The van der Waals surface area contributed by atoms with E-state index in [1.165, 1.54) is 18.4 Å². The van der Waals surface area contributed by atoms with Gasteiger partial charge in [0.05, 0.1) is 6.61 Å². The van der Waals surface area contributed by atoms with E-state index in [1.54, 1.807) is 0 Å². The Kier molecular flexibility index (Phi) is 9.00. The number of benzene rings is 2. The number of carbonyl (C=O) groups is 1. The van der Waals surface area contributed by atoms with E-state index in [1.807, 2.05) is 36.4 Å². The van der Waals surface area contributed by atoms with Crippen LogP contribution < -0.4 is 10.1 Å². The zero-order valence-electron chi connectivity index (χ0n) is 17.4. The zero-order valence-corrected chi connectivity index (χ0v) is 18.1. The van der Waals surface area contributed by atoms with Gasteiger partial charge in [-0.1, -0.05) is 41.9 Å². The molecule has 1 aliphatic rings. The monoisotopic (exact) mass is 430 g/mol. The van der Waals surface area contributed by atoms with Crippen LogP contribution in [0.3, 0.4) is 0 Å². The van der Waals surface area contributed by atoms with Crippen molar-refractivity contribution < 1.29 is 14.6 Å². The Hall–Kier alpha value is -2.08. The fraction of sp³-hybridized carbons (Fsp3) is 0.458. The van der Waals surface area contributed by atoms with Gasteiger partial charge >= 0.3 is 0 Å². The Balaban J connectivity index is 1.39. The molecule has 0 spiro atoms. The molecule has 6 heteroatoms. The third kappa shape index (κ3) is 7.31. The predicted octanol–water partition coefficient (Wildman–Crippen LogP) is 4.02. The van der Waals surface area contributed by atoms with Gasteiger partial charge in [-0.3, -0.25) is 9.69 Å². The van der Waals surface area contributed by atoms with E-state index in [0.717, 1.165) is 37.4 Å². The van der Waals surface area contributed by atoms with Gasteiger partial charge < -0.3 is 15.2 Å². The molecular weight excluding hydrogens is 400 g/mol. The summed E-state index contributed by atoms with van der Waals surface area (Å²) in [4.78, 5) is 14.7. The lowest BCUT2D eigenvalue weighted by molar-refractivity contribution is -0.121. The molecule has 0 aliphatic carbocycles. The number of halogens is 1. The van der Waals surface area contributed by atoms with Crippen molar-refractivity contribution in [1.29, 1.82) is 0 Å². The first kappa shape index (κ1) is 22.6. The van der Waals surface area contributed by atoms with Crippen molar-refractivity contribution >= 4 is 17.5 Å². The summed E-state index contributed by atoms with van der Waals surface area (Å²) < 4.78 is 5.42. The molecule has 0 bridgehead atoms. The average Bonchev–Trinajstić information content (AvgIpc) is 2.77. The lowest BCUT2D eigenvalue weighted by atomic mass is 9.93. The number of aliphatic hydroxyl groups is 1.